The van der Waals surface area contributed by atoms with Gasteiger partial charge in [0.25, 0.3) is 5.56 Å². The number of hydrogen-bond donors (Lipinski definition) is 1. The lowest BCUT2D eigenvalue weighted by molar-refractivity contribution is 0.0720. The van der Waals surface area contributed by atoms with Crippen LogP contribution >= 0.6 is 34.5 Å². The molecule has 4 rings (SSSR count). The van der Waals surface area contributed by atoms with Crippen LogP contribution in [0.25, 0.3) is 11.4 Å². The van der Waals surface area contributed by atoms with Gasteiger partial charge >= 0.3 is 0 Å². The largest absolute Gasteiger partial charge is 0.374 e. The molecule has 0 radical (unpaired) electrons. The zero-order chi connectivity index (χ0) is 22.8. The van der Waals surface area contributed by atoms with Crippen molar-refractivity contribution in [3.05, 3.63) is 55.9 Å². The third-order valence-corrected chi connectivity index (χ3v) is 6.92. The Morgan fingerprint density at radius 3 is 2.75 bits per heavy atom. The highest BCUT2D eigenvalue weighted by molar-refractivity contribution is 7.13. The summed E-state index contributed by atoms with van der Waals surface area (Å²) < 4.78 is 7.52. The Morgan fingerprint density at radius 1 is 1.28 bits per heavy atom. The third kappa shape index (κ3) is 4.50. The number of thiazole rings is 1. The van der Waals surface area contributed by atoms with Crippen LogP contribution in [0, 0.1) is 0 Å². The Labute approximate surface area is 201 Å². The van der Waals surface area contributed by atoms with Crippen molar-refractivity contribution in [3.63, 3.8) is 0 Å². The molecule has 0 aliphatic carbocycles. The molecule has 10 heteroatoms. The fraction of sp³-hybridized carbons (Fsp3) is 0.409. The molecule has 0 spiro atoms. The SMILES string of the molecule is CCOC1CN(c2nccs2)CC1Nc1c(CC)nc(-c2ccc(Cl)cc2Cl)n(C)c1=O. The molecule has 1 saturated heterocycles. The van der Waals surface area contributed by atoms with Crippen LogP contribution in [0.5, 0.6) is 0 Å². The average Bonchev–Trinajstić information content (AvgIpc) is 3.43. The summed E-state index contributed by atoms with van der Waals surface area (Å²) in [7, 11) is 1.71. The quantitative estimate of drug-likeness (QED) is 0.523. The van der Waals surface area contributed by atoms with Crippen LogP contribution in [-0.4, -0.2) is 46.4 Å². The first kappa shape index (κ1) is 23.0. The number of halogens is 2. The lowest BCUT2D eigenvalue weighted by Crippen LogP contribution is -2.38. The summed E-state index contributed by atoms with van der Waals surface area (Å²) in [6.07, 6.45) is 2.33. The van der Waals surface area contributed by atoms with Gasteiger partial charge in [-0.05, 0) is 31.5 Å². The summed E-state index contributed by atoms with van der Waals surface area (Å²) in [4.78, 5) is 24.8. The van der Waals surface area contributed by atoms with E-state index in [1.807, 2.05) is 19.2 Å². The lowest BCUT2D eigenvalue weighted by atomic mass is 10.1. The van der Waals surface area contributed by atoms with Crippen molar-refractivity contribution in [2.45, 2.75) is 32.4 Å². The zero-order valence-electron chi connectivity index (χ0n) is 18.1. The van der Waals surface area contributed by atoms with E-state index in [4.69, 9.17) is 32.9 Å². The Bertz CT molecular complexity index is 1150. The van der Waals surface area contributed by atoms with Crippen molar-refractivity contribution >= 4 is 45.4 Å². The fourth-order valence-electron chi connectivity index (χ4n) is 3.97. The number of ether oxygens (including phenoxy) is 1. The van der Waals surface area contributed by atoms with Gasteiger partial charge < -0.3 is 15.0 Å². The third-order valence-electron chi connectivity index (χ3n) is 5.54. The van der Waals surface area contributed by atoms with Crippen molar-refractivity contribution in [1.29, 1.82) is 0 Å². The number of aromatic nitrogens is 3. The van der Waals surface area contributed by atoms with E-state index in [0.717, 1.165) is 5.13 Å². The zero-order valence-corrected chi connectivity index (χ0v) is 20.5. The van der Waals surface area contributed by atoms with Gasteiger partial charge in [-0.25, -0.2) is 9.97 Å². The second kappa shape index (κ2) is 9.79. The van der Waals surface area contributed by atoms with Gasteiger partial charge in [0, 0.05) is 48.9 Å². The standard InChI is InChI=1S/C22H25Cl2N5O2S/c1-4-16-19(21(30)28(3)20(27-16)14-7-6-13(23)10-15(14)24)26-17-11-29(12-18(17)31-5-2)22-25-8-9-32-22/h6-10,17-18,26H,4-5,11-12H2,1-3H3. The molecule has 32 heavy (non-hydrogen) atoms. The average molecular weight is 494 g/mol. The van der Waals surface area contributed by atoms with Gasteiger partial charge in [0.15, 0.2) is 5.13 Å². The summed E-state index contributed by atoms with van der Waals surface area (Å²) in [5.74, 6) is 0.510. The Kier molecular flexibility index (Phi) is 7.05. The maximum atomic E-state index is 13.4. The topological polar surface area (TPSA) is 72.3 Å². The van der Waals surface area contributed by atoms with Gasteiger partial charge in [-0.2, -0.15) is 0 Å². The Balaban J connectivity index is 1.69. The van der Waals surface area contributed by atoms with E-state index in [-0.39, 0.29) is 17.7 Å². The number of anilines is 2. The second-order valence-corrected chi connectivity index (χ2v) is 9.28. The minimum atomic E-state index is -0.152. The maximum absolute atomic E-state index is 13.4. The molecule has 1 aromatic carbocycles. The second-order valence-electron chi connectivity index (χ2n) is 7.56. The molecule has 1 N–H and O–H groups in total. The summed E-state index contributed by atoms with van der Waals surface area (Å²) in [6.45, 7) is 5.96. The molecule has 0 bridgehead atoms. The number of nitrogens with zero attached hydrogens (tertiary/aromatic N) is 4. The van der Waals surface area contributed by atoms with Crippen LogP contribution in [0.15, 0.2) is 34.6 Å². The minimum Gasteiger partial charge on any atom is -0.374 e. The lowest BCUT2D eigenvalue weighted by Gasteiger charge is -2.22. The van der Waals surface area contributed by atoms with E-state index in [1.165, 1.54) is 4.57 Å². The first-order valence-corrected chi connectivity index (χ1v) is 12.1. The number of benzene rings is 1. The van der Waals surface area contributed by atoms with Gasteiger partial charge in [0.2, 0.25) is 0 Å². The smallest absolute Gasteiger partial charge is 0.277 e. The highest BCUT2D eigenvalue weighted by atomic mass is 35.5. The summed E-state index contributed by atoms with van der Waals surface area (Å²) in [5.41, 5.74) is 1.71. The van der Waals surface area contributed by atoms with Crippen molar-refractivity contribution in [2.24, 2.45) is 7.05 Å². The minimum absolute atomic E-state index is 0.0660. The van der Waals surface area contributed by atoms with Crippen molar-refractivity contribution in [1.82, 2.24) is 14.5 Å². The molecule has 2 atom stereocenters. The molecular weight excluding hydrogens is 469 g/mol. The van der Waals surface area contributed by atoms with Gasteiger partial charge in [-0.1, -0.05) is 30.1 Å². The van der Waals surface area contributed by atoms with Crippen molar-refractivity contribution < 1.29 is 4.74 Å². The van der Waals surface area contributed by atoms with Gasteiger partial charge in [0.05, 0.1) is 22.9 Å². The predicted molar refractivity (Wildman–Crippen MR) is 131 cm³/mol. The van der Waals surface area contributed by atoms with Crippen molar-refractivity contribution in [2.75, 3.05) is 29.9 Å². The molecular formula is C22H25Cl2N5O2S. The summed E-state index contributed by atoms with van der Waals surface area (Å²) >= 11 is 14.0. The van der Waals surface area contributed by atoms with Gasteiger partial charge in [-0.15, -0.1) is 11.3 Å². The summed E-state index contributed by atoms with van der Waals surface area (Å²) in [5, 5.41) is 7.36. The molecule has 7 nitrogen and oxygen atoms in total. The monoisotopic (exact) mass is 493 g/mol. The van der Waals surface area contributed by atoms with E-state index in [0.29, 0.717) is 58.9 Å². The number of hydrogen-bond acceptors (Lipinski definition) is 7. The van der Waals surface area contributed by atoms with Crippen LogP contribution in [0.4, 0.5) is 10.8 Å². The maximum Gasteiger partial charge on any atom is 0.277 e. The number of nitrogens with one attached hydrogen (secondary N) is 1. The molecule has 2 aromatic heterocycles. The van der Waals surface area contributed by atoms with Gasteiger partial charge in [0.1, 0.15) is 11.5 Å². The fourth-order valence-corrected chi connectivity index (χ4v) is 5.12. The van der Waals surface area contributed by atoms with Crippen LogP contribution in [0.1, 0.15) is 19.5 Å². The van der Waals surface area contributed by atoms with E-state index in [1.54, 1.807) is 42.8 Å². The van der Waals surface area contributed by atoms with Crippen molar-refractivity contribution in [3.8, 4) is 11.4 Å². The molecule has 3 heterocycles. The first-order valence-electron chi connectivity index (χ1n) is 10.5. The molecule has 2 unspecified atom stereocenters. The molecule has 3 aromatic rings. The molecule has 170 valence electrons. The normalized spacial score (nSPS) is 18.3. The van der Waals surface area contributed by atoms with Crippen LogP contribution in [0.2, 0.25) is 10.0 Å². The van der Waals surface area contributed by atoms with E-state index in [9.17, 15) is 4.79 Å². The first-order chi connectivity index (χ1) is 15.4. The molecule has 0 amide bonds. The van der Waals surface area contributed by atoms with E-state index >= 15 is 0 Å². The highest BCUT2D eigenvalue weighted by Crippen LogP contribution is 2.30. The molecule has 0 saturated carbocycles. The Hall–Kier alpha value is -2.13. The predicted octanol–water partition coefficient (Wildman–Crippen LogP) is 4.48. The molecule has 1 fully saturated rings. The number of rotatable bonds is 7. The van der Waals surface area contributed by atoms with Crippen LogP contribution < -0.4 is 15.8 Å². The molecule has 1 aliphatic rings. The van der Waals surface area contributed by atoms with E-state index in [2.05, 4.69) is 15.2 Å². The Morgan fingerprint density at radius 2 is 2.09 bits per heavy atom. The van der Waals surface area contributed by atoms with E-state index < -0.39 is 0 Å². The summed E-state index contributed by atoms with van der Waals surface area (Å²) in [6, 6.07) is 5.11. The molecule has 1 aliphatic heterocycles. The van der Waals surface area contributed by atoms with Crippen LogP contribution in [-0.2, 0) is 18.2 Å². The number of aryl methyl sites for hydroxylation is 1. The van der Waals surface area contributed by atoms with Gasteiger partial charge in [-0.3, -0.25) is 9.36 Å². The van der Waals surface area contributed by atoms with Crippen LogP contribution in [0.3, 0.4) is 0 Å². The highest BCUT2D eigenvalue weighted by Gasteiger charge is 2.35.